The van der Waals surface area contributed by atoms with Crippen LogP contribution in [-0.4, -0.2) is 42.5 Å². The molecule has 0 N–H and O–H groups in total. The minimum absolute atomic E-state index is 0.0935. The smallest absolute Gasteiger partial charge is 0.338 e. The van der Waals surface area contributed by atoms with E-state index in [1.165, 1.54) is 18.4 Å². The van der Waals surface area contributed by atoms with Crippen LogP contribution in [0.1, 0.15) is 24.1 Å². The van der Waals surface area contributed by atoms with Gasteiger partial charge in [0.1, 0.15) is 18.4 Å². The molecule has 1 unspecified atom stereocenters. The maximum Gasteiger partial charge on any atom is 0.338 e. The van der Waals surface area contributed by atoms with Crippen molar-refractivity contribution in [3.05, 3.63) is 96.8 Å². The number of ether oxygens (including phenoxy) is 3. The van der Waals surface area contributed by atoms with Gasteiger partial charge in [0.15, 0.2) is 4.80 Å². The van der Waals surface area contributed by atoms with Gasteiger partial charge in [-0.05, 0) is 25.1 Å². The van der Waals surface area contributed by atoms with Crippen molar-refractivity contribution in [3.8, 4) is 5.75 Å². The molecule has 0 fully saturated rings. The summed E-state index contributed by atoms with van der Waals surface area (Å²) in [5.74, 6) is 0.0190. The van der Waals surface area contributed by atoms with Gasteiger partial charge in [-0.15, -0.1) is 0 Å². The lowest BCUT2D eigenvalue weighted by Gasteiger charge is -2.26. The predicted octanol–water partition coefficient (Wildman–Crippen LogP) is 2.93. The normalized spacial score (nSPS) is 15.6. The average Bonchev–Trinajstić information content (AvgIpc) is 3.39. The van der Waals surface area contributed by atoms with E-state index >= 15 is 0 Å². The fraction of sp³-hybridized carbons (Fsp3) is 0.250. The fourth-order valence-corrected chi connectivity index (χ4v) is 5.73. The van der Waals surface area contributed by atoms with Crippen molar-refractivity contribution in [2.75, 3.05) is 27.4 Å². The van der Waals surface area contributed by atoms with E-state index in [4.69, 9.17) is 14.2 Å². The number of nitrogens with zero attached hydrogens (tertiary/aromatic N) is 3. The number of aryl methyl sites for hydroxylation is 1. The molecule has 1 aliphatic heterocycles. The van der Waals surface area contributed by atoms with E-state index in [1.807, 2.05) is 72.4 Å². The summed E-state index contributed by atoms with van der Waals surface area (Å²) in [6, 6.07) is 14.7. The number of fused-ring (bicyclic) bond motifs is 2. The molecule has 5 rings (SSSR count). The van der Waals surface area contributed by atoms with Crippen molar-refractivity contribution in [2.45, 2.75) is 13.0 Å². The minimum Gasteiger partial charge on any atom is -0.496 e. The molecule has 4 aromatic rings. The van der Waals surface area contributed by atoms with Gasteiger partial charge in [-0.1, -0.05) is 47.7 Å². The predicted molar refractivity (Wildman–Crippen MR) is 143 cm³/mol. The highest BCUT2D eigenvalue weighted by Gasteiger charge is 2.35. The summed E-state index contributed by atoms with van der Waals surface area (Å²) in [6.07, 6.45) is 3.89. The summed E-state index contributed by atoms with van der Waals surface area (Å²) < 4.78 is 20.3. The first-order valence-electron chi connectivity index (χ1n) is 11.8. The number of hydrogen-bond donors (Lipinski definition) is 0. The van der Waals surface area contributed by atoms with Gasteiger partial charge in [0, 0.05) is 42.4 Å². The number of aromatic nitrogens is 2. The van der Waals surface area contributed by atoms with Gasteiger partial charge in [-0.3, -0.25) is 9.36 Å². The van der Waals surface area contributed by atoms with Crippen molar-refractivity contribution in [3.63, 3.8) is 0 Å². The van der Waals surface area contributed by atoms with Crippen LogP contribution < -0.4 is 19.6 Å². The third-order valence-electron chi connectivity index (χ3n) is 6.41. The fourth-order valence-electron chi connectivity index (χ4n) is 4.69. The minimum atomic E-state index is -0.753. The molecule has 1 atom stereocenters. The molecule has 37 heavy (non-hydrogen) atoms. The van der Waals surface area contributed by atoms with Crippen LogP contribution in [0.4, 0.5) is 0 Å². The number of hydrogen-bond acceptors (Lipinski definition) is 7. The molecule has 8 nitrogen and oxygen atoms in total. The number of benzene rings is 2. The number of rotatable bonds is 7. The Kier molecular flexibility index (Phi) is 6.82. The summed E-state index contributed by atoms with van der Waals surface area (Å²) in [5.41, 5.74) is 3.25. The highest BCUT2D eigenvalue weighted by atomic mass is 32.1. The van der Waals surface area contributed by atoms with E-state index in [9.17, 15) is 9.59 Å². The number of methoxy groups -OCH3 is 2. The van der Waals surface area contributed by atoms with Gasteiger partial charge in [0.05, 0.1) is 29.5 Å². The first kappa shape index (κ1) is 24.7. The molecular weight excluding hydrogens is 490 g/mol. The second kappa shape index (κ2) is 10.2. The van der Waals surface area contributed by atoms with E-state index in [2.05, 4.69) is 4.99 Å². The summed E-state index contributed by atoms with van der Waals surface area (Å²) >= 11 is 1.30. The second-order valence-electron chi connectivity index (χ2n) is 8.66. The Labute approximate surface area is 217 Å². The van der Waals surface area contributed by atoms with Crippen LogP contribution in [0.25, 0.3) is 17.0 Å². The molecule has 0 saturated carbocycles. The SMILES string of the molecule is COCCOC(=O)C1=C(C)N=c2sc(=Cc3cn(C)c4ccccc34)c(=O)n2C1c1ccccc1OC. The molecule has 3 heterocycles. The van der Waals surface area contributed by atoms with Crippen LogP contribution in [0, 0.1) is 0 Å². The number of carbonyl (C=O) groups is 1. The van der Waals surface area contributed by atoms with Gasteiger partial charge < -0.3 is 18.8 Å². The van der Waals surface area contributed by atoms with Crippen LogP contribution in [0.5, 0.6) is 5.75 Å². The van der Waals surface area contributed by atoms with Crippen LogP contribution >= 0.6 is 11.3 Å². The van der Waals surface area contributed by atoms with E-state index in [0.29, 0.717) is 31.9 Å². The lowest BCUT2D eigenvalue weighted by molar-refractivity contribution is -0.140. The first-order valence-corrected chi connectivity index (χ1v) is 12.6. The van der Waals surface area contributed by atoms with Gasteiger partial charge in [-0.25, -0.2) is 9.79 Å². The Morgan fingerprint density at radius 2 is 1.86 bits per heavy atom. The molecular formula is C28H27N3O5S. The van der Waals surface area contributed by atoms with Crippen molar-refractivity contribution in [1.82, 2.24) is 9.13 Å². The Hall–Kier alpha value is -3.95. The van der Waals surface area contributed by atoms with Crippen LogP contribution in [0.3, 0.4) is 0 Å². The highest BCUT2D eigenvalue weighted by Crippen LogP contribution is 2.35. The Morgan fingerprint density at radius 1 is 1.11 bits per heavy atom. The molecule has 0 bridgehead atoms. The molecule has 0 spiro atoms. The van der Waals surface area contributed by atoms with Crippen LogP contribution in [-0.2, 0) is 21.3 Å². The largest absolute Gasteiger partial charge is 0.496 e. The van der Waals surface area contributed by atoms with E-state index in [1.54, 1.807) is 18.6 Å². The van der Waals surface area contributed by atoms with E-state index in [-0.39, 0.29) is 18.8 Å². The van der Waals surface area contributed by atoms with E-state index in [0.717, 1.165) is 16.5 Å². The zero-order valence-corrected chi connectivity index (χ0v) is 21.9. The number of para-hydroxylation sites is 2. The zero-order valence-electron chi connectivity index (χ0n) is 21.1. The number of allylic oxidation sites excluding steroid dienone is 1. The molecule has 0 amide bonds. The molecule has 0 saturated heterocycles. The average molecular weight is 518 g/mol. The van der Waals surface area contributed by atoms with Gasteiger partial charge in [0.2, 0.25) is 0 Å². The van der Waals surface area contributed by atoms with Gasteiger partial charge in [-0.2, -0.15) is 0 Å². The Balaban J connectivity index is 1.72. The molecule has 0 radical (unpaired) electrons. The maximum absolute atomic E-state index is 13.9. The summed E-state index contributed by atoms with van der Waals surface area (Å²) in [6.45, 7) is 2.12. The van der Waals surface area contributed by atoms with Gasteiger partial charge in [0.25, 0.3) is 5.56 Å². The van der Waals surface area contributed by atoms with Crippen molar-refractivity contribution in [1.29, 1.82) is 0 Å². The molecule has 2 aromatic carbocycles. The quantitative estimate of drug-likeness (QED) is 0.278. The van der Waals surface area contributed by atoms with Crippen molar-refractivity contribution >= 4 is 34.3 Å². The summed E-state index contributed by atoms with van der Waals surface area (Å²) in [4.78, 5) is 32.4. The molecule has 1 aliphatic rings. The second-order valence-corrected chi connectivity index (χ2v) is 9.67. The highest BCUT2D eigenvalue weighted by molar-refractivity contribution is 7.07. The Morgan fingerprint density at radius 3 is 2.65 bits per heavy atom. The monoisotopic (exact) mass is 517 g/mol. The third kappa shape index (κ3) is 4.41. The number of thiazole rings is 1. The first-order chi connectivity index (χ1) is 17.9. The standard InChI is InChI=1S/C28H27N3O5S/c1-17-24(27(33)36-14-13-34-3)25(20-10-6-8-12-22(20)35-4)31-26(32)23(37-28(31)29-17)15-18-16-30(2)21-11-7-5-9-19(18)21/h5-12,15-16,25H,13-14H2,1-4H3. The summed E-state index contributed by atoms with van der Waals surface area (Å²) in [5, 5.41) is 1.05. The van der Waals surface area contributed by atoms with Crippen LogP contribution in [0.2, 0.25) is 0 Å². The zero-order chi connectivity index (χ0) is 26.1. The molecule has 9 heteroatoms. The topological polar surface area (TPSA) is 84.0 Å². The Bertz CT molecular complexity index is 1710. The molecule has 0 aliphatic carbocycles. The van der Waals surface area contributed by atoms with Crippen molar-refractivity contribution in [2.24, 2.45) is 12.0 Å². The summed E-state index contributed by atoms with van der Waals surface area (Å²) in [7, 11) is 5.08. The molecule has 2 aromatic heterocycles. The van der Waals surface area contributed by atoms with Crippen molar-refractivity contribution < 1.29 is 19.0 Å². The molecule has 190 valence electrons. The lowest BCUT2D eigenvalue weighted by atomic mass is 9.95. The maximum atomic E-state index is 13.9. The van der Waals surface area contributed by atoms with Gasteiger partial charge >= 0.3 is 5.97 Å². The number of esters is 1. The number of carbonyl (C=O) groups excluding carboxylic acids is 1. The third-order valence-corrected chi connectivity index (χ3v) is 7.39. The van der Waals surface area contributed by atoms with E-state index < -0.39 is 12.0 Å². The lowest BCUT2D eigenvalue weighted by Crippen LogP contribution is -2.40. The van der Waals surface area contributed by atoms with Crippen LogP contribution in [0.15, 0.2) is 75.8 Å².